The molecule has 0 aliphatic heterocycles. The van der Waals surface area contributed by atoms with Crippen molar-refractivity contribution < 1.29 is 0 Å². The van der Waals surface area contributed by atoms with Crippen molar-refractivity contribution in [1.82, 2.24) is 24.5 Å². The van der Waals surface area contributed by atoms with E-state index in [0.29, 0.717) is 33.9 Å². The monoisotopic (exact) mass is 601 g/mol. The van der Waals surface area contributed by atoms with Gasteiger partial charge in [0, 0.05) is 52.4 Å². The highest BCUT2D eigenvalue weighted by atomic mass is 15.0. The zero-order valence-electron chi connectivity index (χ0n) is 24.9. The zero-order valence-corrected chi connectivity index (χ0v) is 24.9. The van der Waals surface area contributed by atoms with E-state index >= 15 is 0 Å². The number of aromatic nitrogens is 5. The summed E-state index contributed by atoms with van der Waals surface area (Å²) in [6.07, 6.45) is 6.97. The summed E-state index contributed by atoms with van der Waals surface area (Å²) in [5, 5.41) is 20.8. The maximum Gasteiger partial charge on any atom is 0.0992 e. The molecular formula is C40H23N7. The Morgan fingerprint density at radius 1 is 0.447 bits per heavy atom. The molecule has 0 aliphatic rings. The van der Waals surface area contributed by atoms with Crippen LogP contribution in [-0.4, -0.2) is 24.5 Å². The predicted octanol–water partition coefficient (Wildman–Crippen LogP) is 8.78. The first kappa shape index (κ1) is 27.6. The molecule has 0 saturated carbocycles. The van der Waals surface area contributed by atoms with E-state index in [0.717, 1.165) is 49.7 Å². The second-order valence-corrected chi connectivity index (χ2v) is 11.1. The van der Waals surface area contributed by atoms with Crippen LogP contribution >= 0.6 is 0 Å². The summed E-state index contributed by atoms with van der Waals surface area (Å²) in [4.78, 5) is 18.1. The molecule has 47 heavy (non-hydrogen) atoms. The molecule has 0 spiro atoms. The normalized spacial score (nSPS) is 10.9. The van der Waals surface area contributed by atoms with Gasteiger partial charge in [-0.2, -0.15) is 10.5 Å². The minimum atomic E-state index is 0.552. The summed E-state index contributed by atoms with van der Waals surface area (Å²) >= 11 is 0. The van der Waals surface area contributed by atoms with Gasteiger partial charge in [-0.1, -0.05) is 54.6 Å². The molecule has 0 aliphatic carbocycles. The lowest BCUT2D eigenvalue weighted by atomic mass is 10.0. The third-order valence-corrected chi connectivity index (χ3v) is 8.28. The Labute approximate surface area is 270 Å². The van der Waals surface area contributed by atoms with Crippen LogP contribution in [0.3, 0.4) is 0 Å². The first-order chi connectivity index (χ1) is 23.2. The van der Waals surface area contributed by atoms with Crippen molar-refractivity contribution in [2.75, 3.05) is 0 Å². The fourth-order valence-corrected chi connectivity index (χ4v) is 5.95. The van der Waals surface area contributed by atoms with E-state index in [2.05, 4.69) is 97.3 Å². The van der Waals surface area contributed by atoms with Crippen LogP contribution in [0.4, 0.5) is 0 Å². The molecule has 0 unspecified atom stereocenters. The summed E-state index contributed by atoms with van der Waals surface area (Å²) < 4.78 is 2.30. The molecule has 218 valence electrons. The van der Waals surface area contributed by atoms with Crippen LogP contribution < -0.4 is 0 Å². The minimum absolute atomic E-state index is 0.552. The maximum absolute atomic E-state index is 9.27. The van der Waals surface area contributed by atoms with Gasteiger partial charge in [-0.15, -0.1) is 0 Å². The summed E-state index contributed by atoms with van der Waals surface area (Å²) in [7, 11) is 0. The second kappa shape index (κ2) is 11.5. The van der Waals surface area contributed by atoms with Gasteiger partial charge in [0.25, 0.3) is 0 Å². The van der Waals surface area contributed by atoms with Crippen LogP contribution in [0.5, 0.6) is 0 Å². The third-order valence-electron chi connectivity index (χ3n) is 8.28. The Bertz CT molecular complexity index is 2360. The van der Waals surface area contributed by atoms with Gasteiger partial charge in [-0.3, -0.25) is 19.9 Å². The number of benzene rings is 3. The lowest BCUT2D eigenvalue weighted by Crippen LogP contribution is -1.94. The van der Waals surface area contributed by atoms with Gasteiger partial charge in [-0.05, 0) is 71.8 Å². The number of hydrogen-bond acceptors (Lipinski definition) is 6. The third kappa shape index (κ3) is 5.04. The number of fused-ring (bicyclic) bond motifs is 3. The Morgan fingerprint density at radius 3 is 1.38 bits per heavy atom. The van der Waals surface area contributed by atoms with Crippen molar-refractivity contribution in [3.8, 4) is 62.9 Å². The topological polar surface area (TPSA) is 104 Å². The van der Waals surface area contributed by atoms with Crippen LogP contribution in [0, 0.1) is 22.7 Å². The molecule has 0 radical (unpaired) electrons. The van der Waals surface area contributed by atoms with Gasteiger partial charge < -0.3 is 4.57 Å². The van der Waals surface area contributed by atoms with Gasteiger partial charge in [0.15, 0.2) is 0 Å². The van der Waals surface area contributed by atoms with E-state index in [1.54, 1.807) is 36.7 Å². The number of nitriles is 2. The number of pyridine rings is 4. The van der Waals surface area contributed by atoms with Gasteiger partial charge in [0.2, 0.25) is 0 Å². The van der Waals surface area contributed by atoms with E-state index in [9.17, 15) is 10.5 Å². The van der Waals surface area contributed by atoms with Gasteiger partial charge in [0.1, 0.15) is 0 Å². The fraction of sp³-hybridized carbons (Fsp3) is 0. The first-order valence-corrected chi connectivity index (χ1v) is 15.0. The zero-order chi connectivity index (χ0) is 31.7. The average Bonchev–Trinajstić information content (AvgIpc) is 3.48. The number of hydrogen-bond donors (Lipinski definition) is 0. The summed E-state index contributed by atoms with van der Waals surface area (Å²) in [6, 6.07) is 42.6. The first-order valence-electron chi connectivity index (χ1n) is 15.0. The van der Waals surface area contributed by atoms with Crippen LogP contribution in [0.1, 0.15) is 11.1 Å². The fourth-order valence-electron chi connectivity index (χ4n) is 5.95. The highest BCUT2D eigenvalue weighted by Crippen LogP contribution is 2.37. The second-order valence-electron chi connectivity index (χ2n) is 11.1. The molecule has 0 amide bonds. The molecule has 0 atom stereocenters. The van der Waals surface area contributed by atoms with Crippen LogP contribution in [0.15, 0.2) is 140 Å². The molecule has 5 heterocycles. The Kier molecular flexibility index (Phi) is 6.76. The molecule has 8 rings (SSSR count). The maximum atomic E-state index is 9.27. The standard InChI is InChI=1S/C40H23N7/c41-22-26-14-16-43-37(18-26)35-12-8-30(24-45-35)28-6-10-33-34-11-7-29(21-40(34)47(39(33)20-28)32-4-2-1-3-5-32)31-9-13-36(46-25-31)38-19-27(23-42)15-17-44-38/h1-21,24-25H. The SMILES string of the molecule is N#Cc1ccnc(-c2ccc(-c3ccc4c5ccc(-c6ccc(-c7cc(C#N)ccn7)nc6)cc5n(-c5ccccc5)c4c3)cn2)c1. The Morgan fingerprint density at radius 2 is 0.936 bits per heavy atom. The smallest absolute Gasteiger partial charge is 0.0992 e. The Hall–Kier alpha value is -6.96. The molecule has 7 heteroatoms. The minimum Gasteiger partial charge on any atom is -0.309 e. The van der Waals surface area contributed by atoms with E-state index < -0.39 is 0 Å². The summed E-state index contributed by atoms with van der Waals surface area (Å²) in [5.74, 6) is 0. The summed E-state index contributed by atoms with van der Waals surface area (Å²) in [6.45, 7) is 0. The van der Waals surface area contributed by atoms with E-state index in [4.69, 9.17) is 0 Å². The molecule has 5 aromatic heterocycles. The van der Waals surface area contributed by atoms with Crippen LogP contribution in [-0.2, 0) is 0 Å². The van der Waals surface area contributed by atoms with Gasteiger partial charge >= 0.3 is 0 Å². The Balaban J connectivity index is 1.21. The molecule has 0 fully saturated rings. The lowest BCUT2D eigenvalue weighted by molar-refractivity contribution is 1.18. The van der Waals surface area contributed by atoms with Crippen molar-refractivity contribution in [3.63, 3.8) is 0 Å². The van der Waals surface area contributed by atoms with Crippen molar-refractivity contribution >= 4 is 21.8 Å². The molecule has 8 aromatic rings. The number of para-hydroxylation sites is 1. The van der Waals surface area contributed by atoms with E-state index in [1.165, 1.54) is 0 Å². The number of rotatable bonds is 5. The largest absolute Gasteiger partial charge is 0.309 e. The average molecular weight is 602 g/mol. The van der Waals surface area contributed by atoms with Crippen molar-refractivity contribution in [3.05, 3.63) is 151 Å². The van der Waals surface area contributed by atoms with Gasteiger partial charge in [-0.25, -0.2) is 0 Å². The summed E-state index contributed by atoms with van der Waals surface area (Å²) in [5.41, 5.74) is 11.2. The molecule has 7 nitrogen and oxygen atoms in total. The quantitative estimate of drug-likeness (QED) is 0.195. The van der Waals surface area contributed by atoms with Crippen molar-refractivity contribution in [1.29, 1.82) is 10.5 Å². The highest BCUT2D eigenvalue weighted by molar-refractivity contribution is 6.11. The molecule has 0 saturated heterocycles. The van der Waals surface area contributed by atoms with Crippen molar-refractivity contribution in [2.45, 2.75) is 0 Å². The van der Waals surface area contributed by atoms with Crippen molar-refractivity contribution in [2.24, 2.45) is 0 Å². The van der Waals surface area contributed by atoms with Gasteiger partial charge in [0.05, 0.1) is 57.1 Å². The molecule has 3 aromatic carbocycles. The van der Waals surface area contributed by atoms with Crippen LogP contribution in [0.2, 0.25) is 0 Å². The molecule has 0 N–H and O–H groups in total. The predicted molar refractivity (Wildman–Crippen MR) is 183 cm³/mol. The van der Waals surface area contributed by atoms with E-state index in [-0.39, 0.29) is 0 Å². The van der Waals surface area contributed by atoms with E-state index in [1.807, 2.05) is 42.7 Å². The lowest BCUT2D eigenvalue weighted by Gasteiger charge is -2.10. The molecular weight excluding hydrogens is 578 g/mol. The number of nitrogens with zero attached hydrogens (tertiary/aromatic N) is 7. The molecule has 0 bridgehead atoms. The van der Waals surface area contributed by atoms with Crippen LogP contribution in [0.25, 0.3) is 72.5 Å². The highest BCUT2D eigenvalue weighted by Gasteiger charge is 2.15.